The summed E-state index contributed by atoms with van der Waals surface area (Å²) in [5.41, 5.74) is 0. The molecule has 12 nitrogen and oxygen atoms in total. The highest BCUT2D eigenvalue weighted by Gasteiger charge is 2.26. The molecule has 2 aliphatic rings. The molecular formula is C15H34O12. The molecule has 0 radical (unpaired) electrons. The number of rotatable bonds is 10. The molecule has 2 unspecified atom stereocenters. The first-order valence-electron chi connectivity index (χ1n) is 8.38. The second-order valence-corrected chi connectivity index (χ2v) is 5.51. The fourth-order valence-electron chi connectivity index (χ4n) is 0.833. The van der Waals surface area contributed by atoms with Crippen LogP contribution >= 0.6 is 0 Å². The summed E-state index contributed by atoms with van der Waals surface area (Å²) in [5, 5.41) is 72.0. The molecule has 0 aliphatic carbocycles. The molecule has 0 bridgehead atoms. The Morgan fingerprint density at radius 2 is 0.815 bits per heavy atom. The highest BCUT2D eigenvalue weighted by atomic mass is 16.6. The van der Waals surface area contributed by atoms with Crippen LogP contribution < -0.4 is 0 Å². The molecule has 0 aromatic rings. The highest BCUT2D eigenvalue weighted by molar-refractivity contribution is 4.71. The first kappa shape index (κ1) is 28.7. The van der Waals surface area contributed by atoms with Gasteiger partial charge in [-0.15, -0.1) is 0 Å². The molecule has 2 rings (SSSR count). The molecule has 2 heterocycles. The van der Waals surface area contributed by atoms with Crippen molar-refractivity contribution in [3.8, 4) is 0 Å². The molecule has 0 saturated carbocycles. The smallest absolute Gasteiger partial charge is 0.104 e. The van der Waals surface area contributed by atoms with Crippen LogP contribution in [0.1, 0.15) is 0 Å². The van der Waals surface area contributed by atoms with Crippen molar-refractivity contribution in [3.05, 3.63) is 0 Å². The summed E-state index contributed by atoms with van der Waals surface area (Å²) in [4.78, 5) is 0. The van der Waals surface area contributed by atoms with Gasteiger partial charge in [0.25, 0.3) is 0 Å². The van der Waals surface area contributed by atoms with E-state index >= 15 is 0 Å². The quantitative estimate of drug-likeness (QED) is 0.156. The van der Waals surface area contributed by atoms with Crippen molar-refractivity contribution in [1.82, 2.24) is 0 Å². The Labute approximate surface area is 157 Å². The maximum atomic E-state index is 8.17. The van der Waals surface area contributed by atoms with Gasteiger partial charge in [-0.2, -0.15) is 0 Å². The number of epoxide rings is 2. The molecule has 0 aromatic carbocycles. The number of hydrogen-bond acceptors (Lipinski definition) is 12. The Morgan fingerprint density at radius 3 is 0.926 bits per heavy atom. The number of hydrogen-bond donors (Lipinski definition) is 9. The Balaban J connectivity index is 0. The minimum absolute atomic E-state index is 0.365. The van der Waals surface area contributed by atoms with Crippen LogP contribution in [-0.2, 0) is 14.2 Å². The van der Waals surface area contributed by atoms with E-state index in [4.69, 9.17) is 60.2 Å². The van der Waals surface area contributed by atoms with Crippen LogP contribution in [0.3, 0.4) is 0 Å². The van der Waals surface area contributed by atoms with Crippen LogP contribution in [0.15, 0.2) is 0 Å². The van der Waals surface area contributed by atoms with Crippen molar-refractivity contribution in [2.45, 2.75) is 30.5 Å². The summed E-state index contributed by atoms with van der Waals surface area (Å²) < 4.78 is 15.1. The third kappa shape index (κ3) is 25.5. The van der Waals surface area contributed by atoms with Gasteiger partial charge in [-0.3, -0.25) is 0 Å². The van der Waals surface area contributed by atoms with Gasteiger partial charge in [0, 0.05) is 0 Å². The molecule has 166 valence electrons. The van der Waals surface area contributed by atoms with Gasteiger partial charge in [-0.25, -0.2) is 0 Å². The molecule has 2 aliphatic heterocycles. The van der Waals surface area contributed by atoms with Crippen LogP contribution in [0, 0.1) is 0 Å². The van der Waals surface area contributed by atoms with Gasteiger partial charge in [0.15, 0.2) is 0 Å². The van der Waals surface area contributed by atoms with E-state index in [2.05, 4.69) is 0 Å². The minimum Gasteiger partial charge on any atom is -0.394 e. The first-order chi connectivity index (χ1) is 12.9. The topological polar surface area (TPSA) is 216 Å². The average molecular weight is 406 g/mol. The number of aliphatic hydroxyl groups is 9. The average Bonchev–Trinajstić information content (AvgIpc) is 3.63. The summed E-state index contributed by atoms with van der Waals surface area (Å²) in [6.07, 6.45) is -2.08. The SMILES string of the molecule is C(OCC1CO1)C1CO1.OCC(O)CO.OCC(O)CO.OCC(O)CO. The predicted octanol–water partition coefficient (Wildman–Crippen LogP) is -5.20. The van der Waals surface area contributed by atoms with Gasteiger partial charge in [0.1, 0.15) is 30.5 Å². The first-order valence-corrected chi connectivity index (χ1v) is 8.38. The predicted molar refractivity (Wildman–Crippen MR) is 90.8 cm³/mol. The van der Waals surface area contributed by atoms with E-state index in [0.29, 0.717) is 12.2 Å². The van der Waals surface area contributed by atoms with Crippen LogP contribution in [0.4, 0.5) is 0 Å². The van der Waals surface area contributed by atoms with Crippen molar-refractivity contribution in [3.63, 3.8) is 0 Å². The molecule has 2 fully saturated rings. The van der Waals surface area contributed by atoms with Crippen LogP contribution in [0.2, 0.25) is 0 Å². The Bertz CT molecular complexity index is 240. The second kappa shape index (κ2) is 20.3. The van der Waals surface area contributed by atoms with Crippen LogP contribution in [0.5, 0.6) is 0 Å². The normalized spacial score (nSPS) is 19.6. The fraction of sp³-hybridized carbons (Fsp3) is 1.00. The van der Waals surface area contributed by atoms with E-state index in [1.165, 1.54) is 0 Å². The Morgan fingerprint density at radius 1 is 0.593 bits per heavy atom. The van der Waals surface area contributed by atoms with Gasteiger partial charge < -0.3 is 60.2 Å². The highest BCUT2D eigenvalue weighted by Crippen LogP contribution is 2.12. The van der Waals surface area contributed by atoms with Crippen molar-refractivity contribution in [2.75, 3.05) is 66.1 Å². The summed E-state index contributed by atoms with van der Waals surface area (Å²) >= 11 is 0. The van der Waals surface area contributed by atoms with E-state index in [9.17, 15) is 0 Å². The van der Waals surface area contributed by atoms with E-state index < -0.39 is 18.3 Å². The molecule has 0 aromatic heterocycles. The van der Waals surface area contributed by atoms with Gasteiger partial charge in [-0.05, 0) is 0 Å². The maximum Gasteiger partial charge on any atom is 0.104 e. The monoisotopic (exact) mass is 406 g/mol. The molecule has 12 heteroatoms. The molecular weight excluding hydrogens is 372 g/mol. The van der Waals surface area contributed by atoms with Crippen molar-refractivity contribution in [1.29, 1.82) is 0 Å². The summed E-state index contributed by atoms with van der Waals surface area (Å²) in [6.45, 7) is 1.07. The molecule has 2 saturated heterocycles. The van der Waals surface area contributed by atoms with E-state index in [-0.39, 0.29) is 39.6 Å². The van der Waals surface area contributed by atoms with E-state index in [0.717, 1.165) is 26.4 Å². The molecule has 27 heavy (non-hydrogen) atoms. The van der Waals surface area contributed by atoms with E-state index in [1.54, 1.807) is 0 Å². The lowest BCUT2D eigenvalue weighted by atomic mass is 10.4. The molecule has 0 amide bonds. The lowest BCUT2D eigenvalue weighted by molar-refractivity contribution is 0.0450. The zero-order valence-electron chi connectivity index (χ0n) is 15.2. The Hall–Kier alpha value is -0.480. The van der Waals surface area contributed by atoms with Crippen molar-refractivity contribution in [2.24, 2.45) is 0 Å². The molecule has 0 spiro atoms. The fourth-order valence-corrected chi connectivity index (χ4v) is 0.833. The largest absolute Gasteiger partial charge is 0.394 e. The standard InChI is InChI=1S/C6H10O3.3C3H8O3/c1(5-3-8-5)7-2-6-4-9-6;3*4-1-3(6)2-5/h5-6H,1-4H2;3*3-6H,1-2H2. The van der Waals surface area contributed by atoms with Gasteiger partial charge >= 0.3 is 0 Å². The van der Waals surface area contributed by atoms with Crippen LogP contribution in [0.25, 0.3) is 0 Å². The second-order valence-electron chi connectivity index (χ2n) is 5.51. The Kier molecular flexibility index (Phi) is 21.6. The summed E-state index contributed by atoms with van der Waals surface area (Å²) in [7, 11) is 0. The zero-order chi connectivity index (χ0) is 21.1. The maximum absolute atomic E-state index is 8.17. The third-order valence-electron chi connectivity index (χ3n) is 2.68. The number of aliphatic hydroxyl groups excluding tert-OH is 9. The third-order valence-corrected chi connectivity index (χ3v) is 2.68. The summed E-state index contributed by atoms with van der Waals surface area (Å²) in [6, 6.07) is 0. The molecule has 9 N–H and O–H groups in total. The van der Waals surface area contributed by atoms with Crippen molar-refractivity contribution >= 4 is 0 Å². The van der Waals surface area contributed by atoms with Gasteiger partial charge in [-0.1, -0.05) is 0 Å². The number of ether oxygens (including phenoxy) is 3. The van der Waals surface area contributed by atoms with Gasteiger partial charge in [0.2, 0.25) is 0 Å². The summed E-state index contributed by atoms with van der Waals surface area (Å²) in [5.74, 6) is 0. The lowest BCUT2D eigenvalue weighted by Crippen LogP contribution is -2.15. The van der Waals surface area contributed by atoms with Gasteiger partial charge in [0.05, 0.1) is 66.1 Å². The lowest BCUT2D eigenvalue weighted by Gasteiger charge is -1.96. The van der Waals surface area contributed by atoms with E-state index in [1.807, 2.05) is 0 Å². The minimum atomic E-state index is -0.954. The van der Waals surface area contributed by atoms with Crippen molar-refractivity contribution < 1.29 is 60.2 Å². The van der Waals surface area contributed by atoms with Crippen LogP contribution in [-0.4, -0.2) is 143 Å². The molecule has 2 atom stereocenters. The zero-order valence-corrected chi connectivity index (χ0v) is 15.2.